The SMILES string of the molecule is CCCCCCCCCCCCCCCC(=O)C(SCC(O)CO)(C(=O)CCCCCCCCCCCCCCC)[C@@](N)(C(=O)CCCCCCCCCCCCCCC)C(=O)N[C@@H](CO)C(=O)N[C@@H](CO)C(=O)N[C@@H](CC(N)=O)C(=O)N[C@@H](C)C(=O)O. The van der Waals surface area contributed by atoms with Gasteiger partial charge in [-0.15, -0.1) is 11.8 Å². The number of nitrogens with one attached hydrogen (secondary N) is 4. The van der Waals surface area contributed by atoms with Gasteiger partial charge in [0, 0.05) is 25.0 Å². The van der Waals surface area contributed by atoms with Crippen LogP contribution in [0.4, 0.5) is 0 Å². The number of thioether (sulfide) groups is 1. The molecular formula is C67H124N6O14S. The molecule has 0 heterocycles. The maximum absolute atomic E-state index is 15.4. The Morgan fingerprint density at radius 2 is 0.693 bits per heavy atom. The van der Waals surface area contributed by atoms with Crippen LogP contribution in [0.2, 0.25) is 0 Å². The van der Waals surface area contributed by atoms with Crippen molar-refractivity contribution < 1.29 is 68.7 Å². The molecule has 6 atom stereocenters. The number of carboxylic acids is 1. The summed E-state index contributed by atoms with van der Waals surface area (Å²) in [6.45, 7) is 4.58. The smallest absolute Gasteiger partial charge is 0.325 e. The molecule has 0 bridgehead atoms. The van der Waals surface area contributed by atoms with Crippen molar-refractivity contribution in [3.63, 3.8) is 0 Å². The third-order valence-electron chi connectivity index (χ3n) is 16.8. The molecule has 20 nitrogen and oxygen atoms in total. The van der Waals surface area contributed by atoms with Crippen LogP contribution in [0, 0.1) is 0 Å². The lowest BCUT2D eigenvalue weighted by Gasteiger charge is -2.44. The molecule has 1 unspecified atom stereocenters. The van der Waals surface area contributed by atoms with Gasteiger partial charge < -0.3 is 58.3 Å². The Kier molecular flexibility index (Phi) is 51.2. The molecule has 0 aliphatic rings. The zero-order chi connectivity index (χ0) is 65.9. The van der Waals surface area contributed by atoms with Crippen molar-refractivity contribution in [1.82, 2.24) is 21.3 Å². The van der Waals surface area contributed by atoms with E-state index in [0.717, 1.165) is 103 Å². The molecule has 21 heteroatoms. The molecule has 0 saturated heterocycles. The summed E-state index contributed by atoms with van der Waals surface area (Å²) in [5.74, 6) is -10.8. The third-order valence-corrected chi connectivity index (χ3v) is 18.5. The first-order valence-corrected chi connectivity index (χ1v) is 35.5. The van der Waals surface area contributed by atoms with Crippen molar-refractivity contribution in [2.75, 3.05) is 25.6 Å². The van der Waals surface area contributed by atoms with Gasteiger partial charge in [0.1, 0.15) is 24.2 Å². The second-order valence-electron chi connectivity index (χ2n) is 24.6. The minimum atomic E-state index is -3.07. The number of carbonyl (C=O) groups is 9. The van der Waals surface area contributed by atoms with Crippen molar-refractivity contribution in [3.8, 4) is 0 Å². The highest BCUT2D eigenvalue weighted by molar-refractivity contribution is 8.02. The monoisotopic (exact) mass is 1270 g/mol. The Hall–Kier alpha value is -4.02. The molecule has 0 aromatic carbocycles. The number of nitrogens with two attached hydrogens (primary N) is 2. The number of aliphatic hydroxyl groups is 4. The number of aliphatic hydroxyl groups excluding tert-OH is 4. The van der Waals surface area contributed by atoms with Gasteiger partial charge >= 0.3 is 5.97 Å². The molecule has 512 valence electrons. The molecule has 88 heavy (non-hydrogen) atoms. The number of hydrogen-bond acceptors (Lipinski definition) is 15. The second kappa shape index (κ2) is 53.6. The van der Waals surface area contributed by atoms with Crippen LogP contribution in [0.15, 0.2) is 0 Å². The van der Waals surface area contributed by atoms with E-state index in [2.05, 4.69) is 42.0 Å². The lowest BCUT2D eigenvalue weighted by atomic mass is 9.71. The Labute approximate surface area is 533 Å². The lowest BCUT2D eigenvalue weighted by Crippen LogP contribution is -2.77. The molecule has 0 radical (unpaired) electrons. The number of amides is 5. The van der Waals surface area contributed by atoms with Crippen LogP contribution in [0.1, 0.15) is 304 Å². The standard InChI is InChI=1S/C67H124N6O14S/c1-5-8-11-14-17-20-23-26-29-32-35-38-41-44-57(78)66(69,65(87)73-56(50-76)63(84)72-55(49-75)62(83)71-54(47-60(68)81)61(82)70-52(4)64(85)86)67(88-51-53(77)48-74,58(79)45-42-39-36-33-30-27-24-21-18-15-12-9-6-2)59(80)46-43-40-37-34-31-28-25-22-19-16-13-10-7-3/h52-56,74-77H,5-51,69H2,1-4H3,(H2,68,81)(H,70,82)(H,71,83)(H,72,84)(H,73,87)(H,85,86)/t52-,53?,54-,55-,56-,66+/m0/s1. The van der Waals surface area contributed by atoms with Gasteiger partial charge in [-0.3, -0.25) is 43.2 Å². The van der Waals surface area contributed by atoms with Crippen LogP contribution in [0.25, 0.3) is 0 Å². The third kappa shape index (κ3) is 36.1. The Morgan fingerprint density at radius 1 is 0.409 bits per heavy atom. The summed E-state index contributed by atoms with van der Waals surface area (Å²) < 4.78 is -2.70. The van der Waals surface area contributed by atoms with Crippen molar-refractivity contribution in [2.24, 2.45) is 11.5 Å². The van der Waals surface area contributed by atoms with Gasteiger partial charge in [-0.2, -0.15) is 0 Å². The molecule has 13 N–H and O–H groups in total. The van der Waals surface area contributed by atoms with E-state index in [9.17, 15) is 49.5 Å². The van der Waals surface area contributed by atoms with Crippen LogP contribution in [-0.2, 0) is 43.2 Å². The molecule has 0 saturated carbocycles. The van der Waals surface area contributed by atoms with Crippen molar-refractivity contribution in [3.05, 3.63) is 0 Å². The summed E-state index contributed by atoms with van der Waals surface area (Å²) >= 11 is 0.530. The minimum Gasteiger partial charge on any atom is -0.480 e. The van der Waals surface area contributed by atoms with E-state index in [1.165, 1.54) is 116 Å². The number of ketones is 3. The number of rotatable bonds is 63. The highest BCUT2D eigenvalue weighted by atomic mass is 32.2. The van der Waals surface area contributed by atoms with E-state index in [0.29, 0.717) is 31.0 Å². The number of Topliss-reactive ketones (excluding diaryl/α,β-unsaturated/α-hetero) is 3. The zero-order valence-corrected chi connectivity index (χ0v) is 55.9. The van der Waals surface area contributed by atoms with Crippen LogP contribution < -0.4 is 32.7 Å². The predicted octanol–water partition coefficient (Wildman–Crippen LogP) is 9.56. The largest absolute Gasteiger partial charge is 0.480 e. The number of unbranched alkanes of at least 4 members (excludes halogenated alkanes) is 36. The van der Waals surface area contributed by atoms with E-state index < -0.39 is 125 Å². The van der Waals surface area contributed by atoms with Crippen LogP contribution >= 0.6 is 11.8 Å². The average Bonchev–Trinajstić information content (AvgIpc) is 3.02. The van der Waals surface area contributed by atoms with Gasteiger partial charge in [0.2, 0.25) is 23.6 Å². The fraction of sp³-hybridized carbons (Fsp3) is 0.866. The molecule has 0 aromatic heterocycles. The fourth-order valence-electron chi connectivity index (χ4n) is 11.1. The molecule has 0 aromatic rings. The molecule has 0 spiro atoms. The van der Waals surface area contributed by atoms with Crippen LogP contribution in [0.3, 0.4) is 0 Å². The second-order valence-corrected chi connectivity index (χ2v) is 25.9. The number of carboxylic acid groups (broad SMARTS) is 1. The first-order valence-electron chi connectivity index (χ1n) is 34.6. The van der Waals surface area contributed by atoms with Gasteiger partial charge in [0.25, 0.3) is 5.91 Å². The fourth-order valence-corrected chi connectivity index (χ4v) is 12.6. The van der Waals surface area contributed by atoms with E-state index in [-0.39, 0.29) is 38.5 Å². The highest BCUT2D eigenvalue weighted by Crippen LogP contribution is 2.42. The zero-order valence-electron chi connectivity index (χ0n) is 55.1. The normalized spacial score (nSPS) is 14.0. The van der Waals surface area contributed by atoms with Crippen molar-refractivity contribution in [2.45, 2.75) is 344 Å². The van der Waals surface area contributed by atoms with Crippen molar-refractivity contribution in [1.29, 1.82) is 0 Å². The first kappa shape index (κ1) is 84.0. The Balaban J connectivity index is 7.21. The lowest BCUT2D eigenvalue weighted by molar-refractivity contribution is -0.148. The number of primary amides is 1. The summed E-state index contributed by atoms with van der Waals surface area (Å²) in [6.07, 6.45) is 36.1. The van der Waals surface area contributed by atoms with E-state index in [1.54, 1.807) is 0 Å². The van der Waals surface area contributed by atoms with Gasteiger partial charge in [-0.1, -0.05) is 252 Å². The number of aliphatic carboxylic acids is 1. The summed E-state index contributed by atoms with van der Waals surface area (Å²) in [4.78, 5) is 125. The summed E-state index contributed by atoms with van der Waals surface area (Å²) in [6, 6.07) is -7.22. The highest BCUT2D eigenvalue weighted by Gasteiger charge is 2.66. The van der Waals surface area contributed by atoms with E-state index in [4.69, 9.17) is 11.5 Å². The molecule has 5 amide bonds. The molecule has 0 rings (SSSR count). The molecule has 0 fully saturated rings. The van der Waals surface area contributed by atoms with Crippen molar-refractivity contribution >= 4 is 64.6 Å². The van der Waals surface area contributed by atoms with Crippen LogP contribution in [-0.4, -0.2) is 145 Å². The van der Waals surface area contributed by atoms with E-state index >= 15 is 19.2 Å². The Morgan fingerprint density at radius 3 is 0.989 bits per heavy atom. The van der Waals surface area contributed by atoms with Gasteiger partial charge in [-0.25, -0.2) is 0 Å². The maximum Gasteiger partial charge on any atom is 0.325 e. The predicted molar refractivity (Wildman–Crippen MR) is 350 cm³/mol. The van der Waals surface area contributed by atoms with Gasteiger partial charge in [0.05, 0.1) is 32.3 Å². The quantitative estimate of drug-likeness (QED) is 0.0199. The average molecular weight is 1270 g/mol. The van der Waals surface area contributed by atoms with E-state index in [1.807, 2.05) is 0 Å². The molecular weight excluding hydrogens is 1140 g/mol. The topological polar surface area (TPSA) is 355 Å². The first-order chi connectivity index (χ1) is 42.3. The molecule has 0 aliphatic carbocycles. The Bertz CT molecular complexity index is 1890. The summed E-state index contributed by atoms with van der Waals surface area (Å²) in [5, 5.41) is 60.1. The van der Waals surface area contributed by atoms with Crippen LogP contribution in [0.5, 0.6) is 0 Å². The van der Waals surface area contributed by atoms with Gasteiger partial charge in [-0.05, 0) is 26.2 Å². The minimum absolute atomic E-state index is 0.226. The number of carbonyl (C=O) groups excluding carboxylic acids is 8. The summed E-state index contributed by atoms with van der Waals surface area (Å²) in [7, 11) is 0. The number of hydrogen-bond donors (Lipinski definition) is 11. The maximum atomic E-state index is 15.4. The summed E-state index contributed by atoms with van der Waals surface area (Å²) in [5.41, 5.74) is 9.51. The molecule has 0 aliphatic heterocycles. The van der Waals surface area contributed by atoms with Gasteiger partial charge in [0.15, 0.2) is 27.6 Å².